The predicted octanol–water partition coefficient (Wildman–Crippen LogP) is 3.24. The average Bonchev–Trinajstić information content (AvgIpc) is 2.75. The van der Waals surface area contributed by atoms with Gasteiger partial charge in [-0.05, 0) is 53.9 Å². The third-order valence-electron chi connectivity index (χ3n) is 3.46. The van der Waals surface area contributed by atoms with Crippen molar-refractivity contribution in [1.82, 2.24) is 0 Å². The molecule has 0 saturated carbocycles. The highest BCUT2D eigenvalue weighted by Crippen LogP contribution is 2.30. The van der Waals surface area contributed by atoms with E-state index >= 15 is 0 Å². The molecule has 2 N–H and O–H groups in total. The molecule has 0 aliphatic carbocycles. The maximum Gasteiger partial charge on any atom is 0.126 e. The number of hydrogen-bond acceptors (Lipinski definition) is 2. The van der Waals surface area contributed by atoms with Crippen molar-refractivity contribution >= 4 is 11.4 Å². The van der Waals surface area contributed by atoms with Gasteiger partial charge in [-0.2, -0.15) is 0 Å². The van der Waals surface area contributed by atoms with Crippen LogP contribution in [0, 0.1) is 12.7 Å². The highest BCUT2D eigenvalue weighted by atomic mass is 19.1. The van der Waals surface area contributed by atoms with Crippen LogP contribution in [0.4, 0.5) is 15.8 Å². The van der Waals surface area contributed by atoms with Crippen molar-refractivity contribution in [1.29, 1.82) is 0 Å². The minimum absolute atomic E-state index is 0.153. The molecule has 1 aliphatic rings. The fraction of sp³-hybridized carbons (Fsp3) is 0.200. The van der Waals surface area contributed by atoms with Crippen LogP contribution in [0.5, 0.6) is 0 Å². The van der Waals surface area contributed by atoms with E-state index in [1.54, 1.807) is 6.92 Å². The molecule has 3 heteroatoms. The number of nitrogens with two attached hydrogens (primary N) is 1. The molecule has 0 unspecified atom stereocenters. The largest absolute Gasteiger partial charge is 0.399 e. The Hall–Kier alpha value is -2.03. The Morgan fingerprint density at radius 2 is 1.83 bits per heavy atom. The van der Waals surface area contributed by atoms with Crippen LogP contribution in [0.1, 0.15) is 16.7 Å². The molecule has 1 heterocycles. The summed E-state index contributed by atoms with van der Waals surface area (Å²) in [7, 11) is 0. The second-order valence-electron chi connectivity index (χ2n) is 4.82. The van der Waals surface area contributed by atoms with Gasteiger partial charge in [0.25, 0.3) is 0 Å². The molecule has 2 aromatic rings. The fourth-order valence-electron chi connectivity index (χ4n) is 2.42. The normalized spacial score (nSPS) is 13.8. The van der Waals surface area contributed by atoms with Gasteiger partial charge in [0.1, 0.15) is 5.82 Å². The predicted molar refractivity (Wildman–Crippen MR) is 71.9 cm³/mol. The summed E-state index contributed by atoms with van der Waals surface area (Å²) in [5.74, 6) is -0.153. The van der Waals surface area contributed by atoms with E-state index in [0.717, 1.165) is 24.5 Å². The first-order valence-electron chi connectivity index (χ1n) is 6.02. The lowest BCUT2D eigenvalue weighted by molar-refractivity contribution is 0.618. The number of halogens is 1. The average molecular weight is 242 g/mol. The summed E-state index contributed by atoms with van der Waals surface area (Å²) in [5, 5.41) is 0. The smallest absolute Gasteiger partial charge is 0.126 e. The molecule has 0 amide bonds. The van der Waals surface area contributed by atoms with E-state index in [1.807, 2.05) is 24.3 Å². The molecular weight excluding hydrogens is 227 g/mol. The third kappa shape index (κ3) is 1.82. The van der Waals surface area contributed by atoms with Crippen molar-refractivity contribution in [3.05, 3.63) is 58.9 Å². The lowest BCUT2D eigenvalue weighted by Crippen LogP contribution is -2.14. The van der Waals surface area contributed by atoms with Gasteiger partial charge in [-0.15, -0.1) is 0 Å². The van der Waals surface area contributed by atoms with Crippen LogP contribution in [-0.4, -0.2) is 0 Å². The summed E-state index contributed by atoms with van der Waals surface area (Å²) >= 11 is 0. The van der Waals surface area contributed by atoms with Crippen molar-refractivity contribution < 1.29 is 4.39 Å². The van der Waals surface area contributed by atoms with Crippen molar-refractivity contribution in [3.63, 3.8) is 0 Å². The zero-order valence-electron chi connectivity index (χ0n) is 10.3. The first-order chi connectivity index (χ1) is 8.63. The molecule has 0 atom stereocenters. The van der Waals surface area contributed by atoms with Gasteiger partial charge in [0.15, 0.2) is 0 Å². The van der Waals surface area contributed by atoms with Gasteiger partial charge >= 0.3 is 0 Å². The van der Waals surface area contributed by atoms with Crippen LogP contribution in [-0.2, 0) is 13.1 Å². The minimum atomic E-state index is -0.153. The lowest BCUT2D eigenvalue weighted by atomic mass is 10.1. The minimum Gasteiger partial charge on any atom is -0.399 e. The van der Waals surface area contributed by atoms with Crippen molar-refractivity contribution in [3.8, 4) is 0 Å². The summed E-state index contributed by atoms with van der Waals surface area (Å²) < 4.78 is 13.3. The Balaban J connectivity index is 1.91. The van der Waals surface area contributed by atoms with E-state index in [-0.39, 0.29) is 5.82 Å². The van der Waals surface area contributed by atoms with Gasteiger partial charge in [0, 0.05) is 24.5 Å². The maximum atomic E-state index is 13.3. The third-order valence-corrected chi connectivity index (χ3v) is 3.46. The van der Waals surface area contributed by atoms with E-state index in [4.69, 9.17) is 5.73 Å². The summed E-state index contributed by atoms with van der Waals surface area (Å²) in [6, 6.07) is 11.3. The van der Waals surface area contributed by atoms with Gasteiger partial charge < -0.3 is 10.6 Å². The number of rotatable bonds is 1. The van der Waals surface area contributed by atoms with Crippen LogP contribution >= 0.6 is 0 Å². The summed E-state index contributed by atoms with van der Waals surface area (Å²) in [5.41, 5.74) is 10.9. The second kappa shape index (κ2) is 4.02. The molecule has 1 aliphatic heterocycles. The van der Waals surface area contributed by atoms with Crippen molar-refractivity contribution in [2.45, 2.75) is 20.0 Å². The fourth-order valence-corrected chi connectivity index (χ4v) is 2.42. The van der Waals surface area contributed by atoms with Gasteiger partial charge in [0.05, 0.1) is 0 Å². The van der Waals surface area contributed by atoms with Crippen LogP contribution in [0.3, 0.4) is 0 Å². The highest BCUT2D eigenvalue weighted by Gasteiger charge is 2.19. The monoisotopic (exact) mass is 242 g/mol. The standard InChI is InChI=1S/C15H15FN2/c1-10-6-14(4-5-15(10)16)18-8-11-2-3-13(17)7-12(11)9-18/h2-7H,8-9,17H2,1H3. The SMILES string of the molecule is Cc1cc(N2Cc3ccc(N)cc3C2)ccc1F. The number of hydrogen-bond donors (Lipinski definition) is 1. The topological polar surface area (TPSA) is 29.3 Å². The van der Waals surface area contributed by atoms with Gasteiger partial charge in [0.2, 0.25) is 0 Å². The second-order valence-corrected chi connectivity index (χ2v) is 4.82. The van der Waals surface area contributed by atoms with Crippen LogP contribution < -0.4 is 10.6 Å². The van der Waals surface area contributed by atoms with E-state index in [9.17, 15) is 4.39 Å². The van der Waals surface area contributed by atoms with E-state index in [1.165, 1.54) is 17.2 Å². The Labute approximate surface area is 106 Å². The Kier molecular flexibility index (Phi) is 2.47. The number of anilines is 2. The summed E-state index contributed by atoms with van der Waals surface area (Å²) in [4.78, 5) is 2.23. The Morgan fingerprint density at radius 1 is 1.06 bits per heavy atom. The van der Waals surface area contributed by atoms with Crippen molar-refractivity contribution in [2.75, 3.05) is 10.6 Å². The number of nitrogens with zero attached hydrogens (tertiary/aromatic N) is 1. The molecule has 18 heavy (non-hydrogen) atoms. The first kappa shape index (κ1) is 11.1. The molecule has 92 valence electrons. The van der Waals surface area contributed by atoms with E-state index in [2.05, 4.69) is 11.0 Å². The number of aryl methyl sites for hydroxylation is 1. The van der Waals surface area contributed by atoms with E-state index < -0.39 is 0 Å². The highest BCUT2D eigenvalue weighted by molar-refractivity contribution is 5.56. The molecule has 0 saturated heterocycles. The Bertz CT molecular complexity index is 607. The van der Waals surface area contributed by atoms with Crippen LogP contribution in [0.15, 0.2) is 36.4 Å². The Morgan fingerprint density at radius 3 is 2.61 bits per heavy atom. The molecule has 0 spiro atoms. The summed E-state index contributed by atoms with van der Waals surface area (Å²) in [6.07, 6.45) is 0. The zero-order valence-corrected chi connectivity index (χ0v) is 10.3. The molecule has 0 fully saturated rings. The zero-order chi connectivity index (χ0) is 12.7. The molecule has 3 rings (SSSR count). The van der Waals surface area contributed by atoms with Gasteiger partial charge in [-0.3, -0.25) is 0 Å². The van der Waals surface area contributed by atoms with E-state index in [0.29, 0.717) is 5.56 Å². The molecular formula is C15H15FN2. The lowest BCUT2D eigenvalue weighted by Gasteiger charge is -2.18. The van der Waals surface area contributed by atoms with Gasteiger partial charge in [-0.25, -0.2) is 4.39 Å². The molecule has 0 radical (unpaired) electrons. The number of nitrogen functional groups attached to an aromatic ring is 1. The first-order valence-corrected chi connectivity index (χ1v) is 6.02. The molecule has 2 nitrogen and oxygen atoms in total. The quantitative estimate of drug-likeness (QED) is 0.778. The van der Waals surface area contributed by atoms with Crippen LogP contribution in [0.25, 0.3) is 0 Å². The van der Waals surface area contributed by atoms with Gasteiger partial charge in [-0.1, -0.05) is 6.07 Å². The number of benzene rings is 2. The van der Waals surface area contributed by atoms with Crippen LogP contribution in [0.2, 0.25) is 0 Å². The number of fused-ring (bicyclic) bond motifs is 1. The van der Waals surface area contributed by atoms with Crippen molar-refractivity contribution in [2.24, 2.45) is 0 Å². The summed E-state index contributed by atoms with van der Waals surface area (Å²) in [6.45, 7) is 3.49. The molecule has 0 bridgehead atoms. The molecule has 2 aromatic carbocycles. The maximum absolute atomic E-state index is 13.3. The molecule has 0 aromatic heterocycles.